The van der Waals surface area contributed by atoms with Gasteiger partial charge in [-0.3, -0.25) is 4.79 Å². The molecule has 1 amide bonds. The zero-order valence-corrected chi connectivity index (χ0v) is 14.0. The summed E-state index contributed by atoms with van der Waals surface area (Å²) in [5.41, 5.74) is 1.31. The number of benzene rings is 1. The van der Waals surface area contributed by atoms with E-state index in [2.05, 4.69) is 17.0 Å². The maximum atomic E-state index is 11.6. The van der Waals surface area contributed by atoms with Gasteiger partial charge < -0.3 is 14.5 Å². The molecule has 1 aromatic rings. The normalized spacial score (nSPS) is 16.5. The van der Waals surface area contributed by atoms with Crippen LogP contribution in [0.2, 0.25) is 0 Å². The average molecular weight is 304 g/mol. The molecule has 0 aromatic heterocycles. The van der Waals surface area contributed by atoms with Crippen LogP contribution < -0.4 is 4.74 Å². The topological polar surface area (TPSA) is 32.8 Å². The van der Waals surface area contributed by atoms with Gasteiger partial charge in [-0.25, -0.2) is 0 Å². The Hall–Kier alpha value is -1.55. The second kappa shape index (κ2) is 8.18. The van der Waals surface area contributed by atoms with E-state index in [1.54, 1.807) is 12.0 Å². The number of piperidine rings is 1. The van der Waals surface area contributed by atoms with Gasteiger partial charge >= 0.3 is 0 Å². The lowest BCUT2D eigenvalue weighted by atomic mass is 9.90. The van der Waals surface area contributed by atoms with Gasteiger partial charge in [-0.2, -0.15) is 0 Å². The maximum Gasteiger partial charge on any atom is 0.223 e. The molecule has 0 spiro atoms. The Morgan fingerprint density at radius 1 is 1.27 bits per heavy atom. The lowest BCUT2D eigenvalue weighted by Gasteiger charge is -2.32. The molecule has 0 aliphatic carbocycles. The van der Waals surface area contributed by atoms with E-state index in [1.807, 2.05) is 26.2 Å². The van der Waals surface area contributed by atoms with Crippen molar-refractivity contribution in [1.82, 2.24) is 9.80 Å². The average Bonchev–Trinajstić information content (AvgIpc) is 2.54. The second-order valence-electron chi connectivity index (χ2n) is 6.34. The minimum absolute atomic E-state index is 0.219. The minimum Gasteiger partial charge on any atom is -0.496 e. The Morgan fingerprint density at radius 3 is 2.59 bits per heavy atom. The molecule has 0 N–H and O–H groups in total. The number of methoxy groups -OCH3 is 1. The van der Waals surface area contributed by atoms with Crippen LogP contribution in [0, 0.1) is 5.92 Å². The fourth-order valence-electron chi connectivity index (χ4n) is 3.07. The van der Waals surface area contributed by atoms with Crippen LogP contribution in [0.25, 0.3) is 0 Å². The highest BCUT2D eigenvalue weighted by Gasteiger charge is 2.21. The number of hydrogen-bond acceptors (Lipinski definition) is 3. The SMILES string of the molecule is COc1ccccc1CC1CCN(CCC(=O)N(C)C)CC1. The Kier molecular flexibility index (Phi) is 6.25. The van der Waals surface area contributed by atoms with Gasteiger partial charge in [-0.1, -0.05) is 18.2 Å². The molecule has 1 saturated heterocycles. The molecule has 1 aliphatic heterocycles. The molecule has 0 radical (unpaired) electrons. The summed E-state index contributed by atoms with van der Waals surface area (Å²) >= 11 is 0. The Labute approximate surface area is 134 Å². The molecule has 22 heavy (non-hydrogen) atoms. The van der Waals surface area contributed by atoms with Crippen LogP contribution in [0.3, 0.4) is 0 Å². The van der Waals surface area contributed by atoms with Gasteiger partial charge in [0.15, 0.2) is 0 Å². The minimum atomic E-state index is 0.219. The number of likely N-dealkylation sites (tertiary alicyclic amines) is 1. The quantitative estimate of drug-likeness (QED) is 0.809. The van der Waals surface area contributed by atoms with Gasteiger partial charge in [-0.05, 0) is 49.9 Å². The largest absolute Gasteiger partial charge is 0.496 e. The third-order valence-corrected chi connectivity index (χ3v) is 4.55. The van der Waals surface area contributed by atoms with Gasteiger partial charge in [0, 0.05) is 27.1 Å². The van der Waals surface area contributed by atoms with Crippen molar-refractivity contribution < 1.29 is 9.53 Å². The van der Waals surface area contributed by atoms with E-state index in [-0.39, 0.29) is 5.91 Å². The van der Waals surface area contributed by atoms with Gasteiger partial charge in [0.1, 0.15) is 5.75 Å². The van der Waals surface area contributed by atoms with Crippen molar-refractivity contribution in [1.29, 1.82) is 0 Å². The molecule has 2 rings (SSSR count). The molecule has 1 fully saturated rings. The van der Waals surface area contributed by atoms with E-state index in [4.69, 9.17) is 4.74 Å². The zero-order valence-electron chi connectivity index (χ0n) is 14.0. The maximum absolute atomic E-state index is 11.6. The highest BCUT2D eigenvalue weighted by molar-refractivity contribution is 5.75. The molecule has 1 aliphatic rings. The summed E-state index contributed by atoms with van der Waals surface area (Å²) in [6.07, 6.45) is 4.13. The third-order valence-electron chi connectivity index (χ3n) is 4.55. The predicted molar refractivity (Wildman–Crippen MR) is 89.2 cm³/mol. The van der Waals surface area contributed by atoms with E-state index >= 15 is 0 Å². The van der Waals surface area contributed by atoms with Crippen molar-refractivity contribution in [3.8, 4) is 5.75 Å². The first-order valence-electron chi connectivity index (χ1n) is 8.14. The Bertz CT molecular complexity index is 480. The molecule has 4 nitrogen and oxygen atoms in total. The first-order chi connectivity index (χ1) is 10.6. The first-order valence-corrected chi connectivity index (χ1v) is 8.14. The summed E-state index contributed by atoms with van der Waals surface area (Å²) in [4.78, 5) is 15.7. The van der Waals surface area contributed by atoms with E-state index < -0.39 is 0 Å². The summed E-state index contributed by atoms with van der Waals surface area (Å²) in [5.74, 6) is 1.94. The van der Waals surface area contributed by atoms with Crippen molar-refractivity contribution in [2.75, 3.05) is 40.8 Å². The number of rotatable bonds is 6. The molecular weight excluding hydrogens is 276 g/mol. The van der Waals surface area contributed by atoms with E-state index in [0.717, 1.165) is 37.7 Å². The molecular formula is C18H28N2O2. The number of nitrogens with zero attached hydrogens (tertiary/aromatic N) is 2. The second-order valence-corrected chi connectivity index (χ2v) is 6.34. The zero-order chi connectivity index (χ0) is 15.9. The predicted octanol–water partition coefficient (Wildman–Crippen LogP) is 2.43. The lowest BCUT2D eigenvalue weighted by Crippen LogP contribution is -2.37. The summed E-state index contributed by atoms with van der Waals surface area (Å²) in [6, 6.07) is 8.31. The highest BCUT2D eigenvalue weighted by atomic mass is 16.5. The van der Waals surface area contributed by atoms with Crippen LogP contribution in [-0.2, 0) is 11.2 Å². The molecule has 0 atom stereocenters. The third kappa shape index (κ3) is 4.73. The smallest absolute Gasteiger partial charge is 0.223 e. The van der Waals surface area contributed by atoms with Crippen LogP contribution in [0.5, 0.6) is 5.75 Å². The summed E-state index contributed by atoms with van der Waals surface area (Å²) < 4.78 is 5.44. The van der Waals surface area contributed by atoms with Gasteiger partial charge in [0.25, 0.3) is 0 Å². The number of amides is 1. The molecule has 4 heteroatoms. The Morgan fingerprint density at radius 2 is 1.95 bits per heavy atom. The van der Waals surface area contributed by atoms with Gasteiger partial charge in [-0.15, -0.1) is 0 Å². The van der Waals surface area contributed by atoms with Crippen LogP contribution >= 0.6 is 0 Å². The number of para-hydroxylation sites is 1. The van der Waals surface area contributed by atoms with Crippen LogP contribution in [0.1, 0.15) is 24.8 Å². The monoisotopic (exact) mass is 304 g/mol. The first kappa shape index (κ1) is 16.8. The van der Waals surface area contributed by atoms with Crippen LogP contribution in [0.4, 0.5) is 0 Å². The summed E-state index contributed by atoms with van der Waals surface area (Å²) in [7, 11) is 5.38. The van der Waals surface area contributed by atoms with E-state index in [9.17, 15) is 4.79 Å². The van der Waals surface area contributed by atoms with E-state index in [0.29, 0.717) is 6.42 Å². The van der Waals surface area contributed by atoms with Crippen LogP contribution in [-0.4, -0.2) is 56.5 Å². The molecule has 0 bridgehead atoms. The molecule has 1 aromatic carbocycles. The van der Waals surface area contributed by atoms with Crippen LogP contribution in [0.15, 0.2) is 24.3 Å². The summed E-state index contributed by atoms with van der Waals surface area (Å²) in [6.45, 7) is 3.08. The molecule has 0 unspecified atom stereocenters. The molecule has 0 saturated carbocycles. The van der Waals surface area contributed by atoms with E-state index in [1.165, 1.54) is 18.4 Å². The molecule has 122 valence electrons. The van der Waals surface area contributed by atoms with Crippen molar-refractivity contribution in [3.05, 3.63) is 29.8 Å². The number of carbonyl (C=O) groups excluding carboxylic acids is 1. The van der Waals surface area contributed by atoms with Gasteiger partial charge in [0.2, 0.25) is 5.91 Å². The number of hydrogen-bond donors (Lipinski definition) is 0. The fourth-order valence-corrected chi connectivity index (χ4v) is 3.07. The number of carbonyl (C=O) groups is 1. The van der Waals surface area contributed by atoms with Crippen molar-refractivity contribution in [3.63, 3.8) is 0 Å². The number of ether oxygens (including phenoxy) is 1. The lowest BCUT2D eigenvalue weighted by molar-refractivity contribution is -0.129. The standard InChI is InChI=1S/C18H28N2O2/c1-19(2)18(21)10-13-20-11-8-15(9-12-20)14-16-6-4-5-7-17(16)22-3/h4-7,15H,8-14H2,1-3H3. The fraction of sp³-hybridized carbons (Fsp3) is 0.611. The van der Waals surface area contributed by atoms with Crippen molar-refractivity contribution in [2.45, 2.75) is 25.7 Å². The summed E-state index contributed by atoms with van der Waals surface area (Å²) in [5, 5.41) is 0. The van der Waals surface area contributed by atoms with Crippen molar-refractivity contribution >= 4 is 5.91 Å². The molecule has 1 heterocycles. The van der Waals surface area contributed by atoms with Crippen molar-refractivity contribution in [2.24, 2.45) is 5.92 Å². The Balaban J connectivity index is 1.76. The highest BCUT2D eigenvalue weighted by Crippen LogP contribution is 2.26. The van der Waals surface area contributed by atoms with Gasteiger partial charge in [0.05, 0.1) is 7.11 Å².